The lowest BCUT2D eigenvalue weighted by Gasteiger charge is -2.29. The highest BCUT2D eigenvalue weighted by atomic mass is 16.7. The van der Waals surface area contributed by atoms with Gasteiger partial charge in [-0.05, 0) is 55.4 Å². The van der Waals surface area contributed by atoms with Gasteiger partial charge >= 0.3 is 0 Å². The first kappa shape index (κ1) is 21.8. The van der Waals surface area contributed by atoms with Gasteiger partial charge in [-0.2, -0.15) is 0 Å². The predicted octanol–water partition coefficient (Wildman–Crippen LogP) is 2.51. The molecule has 6 heteroatoms. The van der Waals surface area contributed by atoms with Crippen molar-refractivity contribution in [1.29, 1.82) is 0 Å². The number of aliphatic hydroxyl groups excluding tert-OH is 1. The molecule has 24 heavy (non-hydrogen) atoms. The van der Waals surface area contributed by atoms with E-state index in [1.54, 1.807) is 0 Å². The Morgan fingerprint density at radius 2 is 1.25 bits per heavy atom. The second-order valence-corrected chi connectivity index (χ2v) is 7.40. The predicted molar refractivity (Wildman–Crippen MR) is 92.0 cm³/mol. The van der Waals surface area contributed by atoms with Crippen LogP contribution in [0.25, 0.3) is 0 Å². The molecule has 0 aliphatic carbocycles. The third-order valence-corrected chi connectivity index (χ3v) is 3.45. The zero-order chi connectivity index (χ0) is 18.4. The molecule has 1 aliphatic rings. The van der Waals surface area contributed by atoms with Gasteiger partial charge in [0.25, 0.3) is 0 Å². The van der Waals surface area contributed by atoms with Gasteiger partial charge in [0.1, 0.15) is 24.4 Å². The molecule has 5 atom stereocenters. The van der Waals surface area contributed by atoms with Crippen LogP contribution in [-0.2, 0) is 23.7 Å². The largest absolute Gasteiger partial charge is 0.388 e. The molecule has 1 fully saturated rings. The van der Waals surface area contributed by atoms with Crippen molar-refractivity contribution < 1.29 is 28.8 Å². The van der Waals surface area contributed by atoms with E-state index in [1.807, 2.05) is 55.4 Å². The summed E-state index contributed by atoms with van der Waals surface area (Å²) in [6, 6.07) is 0. The Morgan fingerprint density at radius 3 is 1.71 bits per heavy atom. The van der Waals surface area contributed by atoms with Gasteiger partial charge in [0.15, 0.2) is 6.29 Å². The van der Waals surface area contributed by atoms with Crippen LogP contribution < -0.4 is 0 Å². The highest BCUT2D eigenvalue weighted by molar-refractivity contribution is 4.94. The zero-order valence-corrected chi connectivity index (χ0v) is 16.4. The van der Waals surface area contributed by atoms with Crippen LogP contribution >= 0.6 is 0 Å². The third-order valence-electron chi connectivity index (χ3n) is 3.45. The van der Waals surface area contributed by atoms with Gasteiger partial charge in [0.05, 0.1) is 31.0 Å². The lowest BCUT2D eigenvalue weighted by Crippen LogP contribution is -2.46. The lowest BCUT2D eigenvalue weighted by molar-refractivity contribution is -0.209. The number of aliphatic hydroxyl groups is 1. The van der Waals surface area contributed by atoms with Crippen LogP contribution in [0.1, 0.15) is 55.4 Å². The fraction of sp³-hybridized carbons (Fsp3) is 1.00. The van der Waals surface area contributed by atoms with E-state index in [0.29, 0.717) is 0 Å². The van der Waals surface area contributed by atoms with Gasteiger partial charge in [-0.25, -0.2) is 0 Å². The van der Waals surface area contributed by atoms with E-state index in [-0.39, 0.29) is 31.0 Å². The van der Waals surface area contributed by atoms with Gasteiger partial charge in [0, 0.05) is 0 Å². The number of hydrogen-bond donors (Lipinski definition) is 1. The third kappa shape index (κ3) is 6.94. The van der Waals surface area contributed by atoms with E-state index in [1.165, 1.54) is 0 Å². The molecule has 1 heterocycles. The highest BCUT2D eigenvalue weighted by Crippen LogP contribution is 2.32. The maximum absolute atomic E-state index is 10.5. The molecule has 144 valence electrons. The normalized spacial score (nSPS) is 29.4. The van der Waals surface area contributed by atoms with Gasteiger partial charge in [-0.3, -0.25) is 0 Å². The van der Waals surface area contributed by atoms with Crippen LogP contribution in [0, 0.1) is 0 Å². The van der Waals surface area contributed by atoms with Crippen molar-refractivity contribution in [3.05, 3.63) is 0 Å². The van der Waals surface area contributed by atoms with E-state index in [4.69, 9.17) is 23.7 Å². The molecule has 1 N–H and O–H groups in total. The summed E-state index contributed by atoms with van der Waals surface area (Å²) in [5, 5.41) is 10.5. The number of ether oxygens (including phenoxy) is 5. The molecular weight excluding hydrogens is 312 g/mol. The molecule has 0 bridgehead atoms. The molecule has 0 aromatic heterocycles. The average molecular weight is 348 g/mol. The quantitative estimate of drug-likeness (QED) is 0.654. The Balaban J connectivity index is 2.92. The van der Waals surface area contributed by atoms with Crippen LogP contribution in [0.3, 0.4) is 0 Å². The van der Waals surface area contributed by atoms with Crippen molar-refractivity contribution in [2.75, 3.05) is 6.61 Å². The molecule has 0 spiro atoms. The molecule has 0 unspecified atom stereocenters. The number of rotatable bonds is 10. The molecule has 0 amide bonds. The molecule has 1 saturated heterocycles. The summed E-state index contributed by atoms with van der Waals surface area (Å²) in [5.74, 6) is 0. The molecule has 6 nitrogen and oxygen atoms in total. The maximum atomic E-state index is 10.5. The summed E-state index contributed by atoms with van der Waals surface area (Å²) in [7, 11) is 0. The first-order valence-corrected chi connectivity index (χ1v) is 9.03. The first-order valence-electron chi connectivity index (χ1n) is 9.03. The van der Waals surface area contributed by atoms with Crippen LogP contribution in [0.5, 0.6) is 0 Å². The SMILES string of the molecule is CC(C)OC[C@@H](O)[C@H]1O[C@H](OC(C)C)[C@@H](OC(C)C)[C@H]1OC(C)C. The minimum absolute atomic E-state index is 0.00192. The second kappa shape index (κ2) is 10.0. The Morgan fingerprint density at radius 1 is 0.750 bits per heavy atom. The second-order valence-electron chi connectivity index (χ2n) is 7.40. The van der Waals surface area contributed by atoms with Gasteiger partial charge < -0.3 is 28.8 Å². The molecule has 0 radical (unpaired) electrons. The van der Waals surface area contributed by atoms with E-state index >= 15 is 0 Å². The van der Waals surface area contributed by atoms with E-state index in [0.717, 1.165) is 0 Å². The standard InChI is InChI=1S/C18H36O6/c1-10(2)20-9-14(19)15-16(21-11(3)4)17(22-12(5)6)18(24-15)23-13(7)8/h10-19H,9H2,1-8H3/t14-,15-,16+,17+,18+/m1/s1. The molecule has 1 rings (SSSR count). The van der Waals surface area contributed by atoms with Crippen molar-refractivity contribution in [3.63, 3.8) is 0 Å². The summed E-state index contributed by atoms with van der Waals surface area (Å²) in [4.78, 5) is 0. The first-order chi connectivity index (χ1) is 11.1. The molecule has 0 saturated carbocycles. The summed E-state index contributed by atoms with van der Waals surface area (Å²) in [6.07, 6.45) is -2.75. The van der Waals surface area contributed by atoms with Crippen molar-refractivity contribution in [2.45, 2.75) is 111 Å². The Labute approximate surface area is 146 Å². The van der Waals surface area contributed by atoms with Crippen molar-refractivity contribution >= 4 is 0 Å². The van der Waals surface area contributed by atoms with Crippen molar-refractivity contribution in [2.24, 2.45) is 0 Å². The maximum Gasteiger partial charge on any atom is 0.187 e. The lowest BCUT2D eigenvalue weighted by atomic mass is 10.1. The van der Waals surface area contributed by atoms with Crippen molar-refractivity contribution in [3.8, 4) is 0 Å². The van der Waals surface area contributed by atoms with Crippen molar-refractivity contribution in [1.82, 2.24) is 0 Å². The Hall–Kier alpha value is -0.240. The van der Waals surface area contributed by atoms with Crippen LogP contribution in [-0.4, -0.2) is 66.8 Å². The molecule has 0 aromatic carbocycles. The number of hydrogen-bond acceptors (Lipinski definition) is 6. The zero-order valence-electron chi connectivity index (χ0n) is 16.4. The molecule has 1 aliphatic heterocycles. The molecule has 0 aromatic rings. The minimum atomic E-state index is -0.810. The monoisotopic (exact) mass is 348 g/mol. The Bertz CT molecular complexity index is 344. The fourth-order valence-corrected chi connectivity index (χ4v) is 2.65. The smallest absolute Gasteiger partial charge is 0.187 e. The molecular formula is C18H36O6. The summed E-state index contributed by atoms with van der Waals surface area (Å²) in [6.45, 7) is 15.8. The van der Waals surface area contributed by atoms with Crippen LogP contribution in [0.4, 0.5) is 0 Å². The van der Waals surface area contributed by atoms with Gasteiger partial charge in [-0.1, -0.05) is 0 Å². The average Bonchev–Trinajstić information content (AvgIpc) is 2.73. The highest BCUT2D eigenvalue weighted by Gasteiger charge is 2.50. The van der Waals surface area contributed by atoms with Crippen LogP contribution in [0.15, 0.2) is 0 Å². The Kier molecular flexibility index (Phi) is 9.12. The fourth-order valence-electron chi connectivity index (χ4n) is 2.65. The van der Waals surface area contributed by atoms with E-state index in [2.05, 4.69) is 0 Å². The van der Waals surface area contributed by atoms with E-state index in [9.17, 15) is 5.11 Å². The summed E-state index contributed by atoms with van der Waals surface area (Å²) in [5.41, 5.74) is 0. The minimum Gasteiger partial charge on any atom is -0.388 e. The van der Waals surface area contributed by atoms with E-state index < -0.39 is 30.7 Å². The van der Waals surface area contributed by atoms with Gasteiger partial charge in [-0.15, -0.1) is 0 Å². The van der Waals surface area contributed by atoms with Crippen LogP contribution in [0.2, 0.25) is 0 Å². The summed E-state index contributed by atoms with van der Waals surface area (Å²) < 4.78 is 29.4. The van der Waals surface area contributed by atoms with Gasteiger partial charge in [0.2, 0.25) is 0 Å². The topological polar surface area (TPSA) is 66.4 Å². The summed E-state index contributed by atoms with van der Waals surface area (Å²) >= 11 is 0.